The van der Waals surface area contributed by atoms with Gasteiger partial charge in [0.25, 0.3) is 0 Å². The van der Waals surface area contributed by atoms with Gasteiger partial charge in [-0.2, -0.15) is 0 Å². The Morgan fingerprint density at radius 1 is 0.273 bits per heavy atom. The lowest BCUT2D eigenvalue weighted by Gasteiger charge is -2.49. The molecule has 12 unspecified atom stereocenters. The van der Waals surface area contributed by atoms with Gasteiger partial charge in [0.1, 0.15) is 0 Å². The molecule has 77 heavy (non-hydrogen) atoms. The molecule has 0 radical (unpaired) electrons. The van der Waals surface area contributed by atoms with Gasteiger partial charge in [0, 0.05) is 0 Å². The quantitative estimate of drug-likeness (QED) is 0.168. The SMILES string of the molecule is C1=CC2CCCCC2C1.C1C2CC3CC1CC(C2)C3.C1CC2C3CCC(C3)C2C1.C1CC2CC1C1C3CCC(C3)C21.C1CC2CCC1C2.C1CCC2CCCC2C1.C1CCC2CCCCC2C1.CC12CCC(CC1)C2(C)C. The maximum atomic E-state index is 2.49. The Morgan fingerprint density at radius 3 is 0.948 bits per heavy atom. The van der Waals surface area contributed by atoms with Crippen molar-refractivity contribution in [1.29, 1.82) is 0 Å². The van der Waals surface area contributed by atoms with Crippen molar-refractivity contribution < 1.29 is 0 Å². The van der Waals surface area contributed by atoms with E-state index in [9.17, 15) is 0 Å². The second kappa shape index (κ2) is 25.1. The number of allylic oxidation sites excluding steroid dienone is 2. The van der Waals surface area contributed by atoms with Crippen molar-refractivity contribution in [2.75, 3.05) is 0 Å². The minimum Gasteiger partial charge on any atom is -0.0880 e. The minimum atomic E-state index is 0.660. The second-order valence-electron chi connectivity index (χ2n) is 34.7. The first-order valence-corrected chi connectivity index (χ1v) is 37.4. The van der Waals surface area contributed by atoms with Crippen LogP contribution in [0.3, 0.4) is 0 Å². The molecule has 12 atom stereocenters. The Balaban J connectivity index is 0.0000000843. The molecule has 21 aliphatic carbocycles. The number of fused-ring (bicyclic) bond motifs is 21. The third kappa shape index (κ3) is 12.5. The molecule has 0 spiro atoms. The van der Waals surface area contributed by atoms with Crippen LogP contribution < -0.4 is 0 Å². The lowest BCUT2D eigenvalue weighted by molar-refractivity contribution is 0.0198. The Kier molecular flexibility index (Phi) is 18.2. The molecule has 0 heteroatoms. The first kappa shape index (κ1) is 55.9. The van der Waals surface area contributed by atoms with Gasteiger partial charge in [-0.15, -0.1) is 0 Å². The monoisotopic (exact) mass is 1050 g/mol. The molecule has 14 bridgehead atoms. The fourth-order valence-corrected chi connectivity index (χ4v) is 26.6. The van der Waals surface area contributed by atoms with Crippen molar-refractivity contribution in [2.24, 2.45) is 147 Å². The van der Waals surface area contributed by atoms with Crippen LogP contribution >= 0.6 is 0 Å². The summed E-state index contributed by atoms with van der Waals surface area (Å²) in [6.07, 6.45) is 78.0. The highest BCUT2D eigenvalue weighted by Crippen LogP contribution is 2.68. The summed E-state index contributed by atoms with van der Waals surface area (Å²) in [5, 5.41) is 0. The van der Waals surface area contributed by atoms with Crippen molar-refractivity contribution in [2.45, 2.75) is 323 Å². The number of rotatable bonds is 0. The van der Waals surface area contributed by atoms with E-state index in [2.05, 4.69) is 32.9 Å². The summed E-state index contributed by atoms with van der Waals surface area (Å²) >= 11 is 0. The highest BCUT2D eigenvalue weighted by Gasteiger charge is 2.59. The van der Waals surface area contributed by atoms with Gasteiger partial charge >= 0.3 is 0 Å². The van der Waals surface area contributed by atoms with Crippen LogP contribution in [0, 0.1) is 147 Å². The molecular weight excluding hydrogens is 925 g/mol. The van der Waals surface area contributed by atoms with Gasteiger partial charge in [-0.25, -0.2) is 0 Å². The van der Waals surface area contributed by atoms with E-state index in [0.717, 1.165) is 29.6 Å². The third-order valence-electron chi connectivity index (χ3n) is 30.8. The highest BCUT2D eigenvalue weighted by molar-refractivity contribution is 5.09. The van der Waals surface area contributed by atoms with E-state index >= 15 is 0 Å². The molecule has 0 saturated heterocycles. The largest absolute Gasteiger partial charge is 0.0880 e. The number of hydrogen-bond donors (Lipinski definition) is 0. The van der Waals surface area contributed by atoms with Gasteiger partial charge in [0.05, 0.1) is 0 Å². The first-order valence-electron chi connectivity index (χ1n) is 37.4. The standard InChI is InChI=1S/C12H18.2C10H16.2C10H18.C9H16.C9H14.C7H12/c1-2-8-5-7(1)11-9-3-4-10(6-9)12(8)11;1-7-2-9-4-8(1)5-10(3-7)6-9;1-2-9-7-4-5-8(6-7)10(9)3-1;1-9(2)8-4-6-10(9,3)7-5-8;1-2-6-10-8-4-3-7-9(10)5-1;2*1-2-5-9-7-3-6-8(9)4-1;1-2-7-4-3-6(1)5-7/h7-12H,1-6H2;2*7-10H,1-6H2;8H,4-7H2,1-3H3;9-10H,1-8H2;8-9H,1-7H2;3,6,8-9H,1-2,4-5,7H2;6-7H,1-5H2. The summed E-state index contributed by atoms with van der Waals surface area (Å²) < 4.78 is 0. The van der Waals surface area contributed by atoms with Gasteiger partial charge in [-0.05, 0) is 307 Å². The molecule has 20 fully saturated rings. The summed E-state index contributed by atoms with van der Waals surface area (Å²) in [5.74, 6) is 26.9. The predicted molar refractivity (Wildman–Crippen MR) is 328 cm³/mol. The summed E-state index contributed by atoms with van der Waals surface area (Å²) in [4.78, 5) is 0. The summed E-state index contributed by atoms with van der Waals surface area (Å²) in [6.45, 7) is 7.43. The van der Waals surface area contributed by atoms with E-state index in [4.69, 9.17) is 0 Å². The Labute approximate surface area is 479 Å². The van der Waals surface area contributed by atoms with E-state index < -0.39 is 0 Å². The van der Waals surface area contributed by atoms with Crippen LogP contribution in [0.15, 0.2) is 12.2 Å². The van der Waals surface area contributed by atoms with E-state index in [-0.39, 0.29) is 0 Å². The Morgan fingerprint density at radius 2 is 0.610 bits per heavy atom. The average molecular weight is 1050 g/mol. The highest BCUT2D eigenvalue weighted by atomic mass is 14.6. The molecule has 0 aromatic carbocycles. The lowest BCUT2D eigenvalue weighted by Crippen LogP contribution is -2.38. The van der Waals surface area contributed by atoms with Crippen LogP contribution in [0.1, 0.15) is 323 Å². The van der Waals surface area contributed by atoms with Crippen molar-refractivity contribution in [3.05, 3.63) is 12.2 Å². The maximum Gasteiger partial charge on any atom is -0.0202 e. The Hall–Kier alpha value is -0.260. The van der Waals surface area contributed by atoms with E-state index in [0.29, 0.717) is 10.8 Å². The van der Waals surface area contributed by atoms with Crippen LogP contribution in [0.25, 0.3) is 0 Å². The Bertz CT molecular complexity index is 1680. The molecule has 21 aliphatic rings. The lowest BCUT2D eigenvalue weighted by atomic mass is 9.56. The number of hydrogen-bond acceptors (Lipinski definition) is 0. The van der Waals surface area contributed by atoms with Gasteiger partial charge in [0.2, 0.25) is 0 Å². The summed E-state index contributed by atoms with van der Waals surface area (Å²) in [6, 6.07) is 0. The predicted octanol–water partition coefficient (Wildman–Crippen LogP) is 23.3. The normalized spacial score (nSPS) is 51.2. The fourth-order valence-electron chi connectivity index (χ4n) is 26.6. The van der Waals surface area contributed by atoms with Crippen LogP contribution in [0.5, 0.6) is 0 Å². The molecule has 0 N–H and O–H groups in total. The summed E-state index contributed by atoms with van der Waals surface area (Å²) in [7, 11) is 0. The van der Waals surface area contributed by atoms with Crippen molar-refractivity contribution in [3.63, 3.8) is 0 Å². The maximum absolute atomic E-state index is 2.49. The van der Waals surface area contributed by atoms with Crippen molar-refractivity contribution >= 4 is 0 Å². The fraction of sp³-hybridized carbons (Fsp3) is 0.974. The average Bonchev–Trinajstić information content (AvgIpc) is 4.33. The van der Waals surface area contributed by atoms with E-state index in [1.165, 1.54) is 209 Å². The second-order valence-corrected chi connectivity index (χ2v) is 34.7. The molecule has 0 nitrogen and oxygen atoms in total. The summed E-state index contributed by atoms with van der Waals surface area (Å²) in [5.41, 5.74) is 1.37. The molecule has 0 aromatic heterocycles. The zero-order chi connectivity index (χ0) is 51.9. The molecule has 21 rings (SSSR count). The molecule has 0 amide bonds. The zero-order valence-electron chi connectivity index (χ0n) is 51.7. The zero-order valence-corrected chi connectivity index (χ0v) is 51.7. The molecule has 0 aliphatic heterocycles. The first-order chi connectivity index (χ1) is 37.7. The molecular formula is C77H128. The molecule has 0 aromatic rings. The molecule has 436 valence electrons. The topological polar surface area (TPSA) is 0 Å². The minimum absolute atomic E-state index is 0.660. The van der Waals surface area contributed by atoms with E-state index in [1.54, 1.807) is 199 Å². The van der Waals surface area contributed by atoms with Crippen LogP contribution in [-0.2, 0) is 0 Å². The van der Waals surface area contributed by atoms with Crippen LogP contribution in [-0.4, -0.2) is 0 Å². The van der Waals surface area contributed by atoms with E-state index in [1.807, 2.05) is 0 Å². The third-order valence-corrected chi connectivity index (χ3v) is 30.8. The van der Waals surface area contributed by atoms with Crippen molar-refractivity contribution in [1.82, 2.24) is 0 Å². The molecule has 20 saturated carbocycles. The van der Waals surface area contributed by atoms with Crippen LogP contribution in [0.4, 0.5) is 0 Å². The van der Waals surface area contributed by atoms with Crippen LogP contribution in [0.2, 0.25) is 0 Å². The van der Waals surface area contributed by atoms with Gasteiger partial charge in [-0.3, -0.25) is 0 Å². The smallest absolute Gasteiger partial charge is 0.0202 e. The molecule has 0 heterocycles. The van der Waals surface area contributed by atoms with Gasteiger partial charge in [0.15, 0.2) is 0 Å². The van der Waals surface area contributed by atoms with Gasteiger partial charge in [-0.1, -0.05) is 174 Å². The van der Waals surface area contributed by atoms with Crippen molar-refractivity contribution in [3.8, 4) is 0 Å². The van der Waals surface area contributed by atoms with Gasteiger partial charge < -0.3 is 0 Å².